The highest BCUT2D eigenvalue weighted by molar-refractivity contribution is 5.78. The molecule has 0 bridgehead atoms. The number of nitrogens with two attached hydrogens (primary N) is 1. The van der Waals surface area contributed by atoms with E-state index in [4.69, 9.17) is 19.9 Å². The van der Waals surface area contributed by atoms with Gasteiger partial charge in [0.1, 0.15) is 5.75 Å². The number of methoxy groups -OCH3 is 1. The van der Waals surface area contributed by atoms with Crippen molar-refractivity contribution < 1.29 is 23.8 Å². The van der Waals surface area contributed by atoms with Crippen molar-refractivity contribution in [2.75, 3.05) is 20.3 Å². The molecule has 2 N–H and O–H groups in total. The van der Waals surface area contributed by atoms with Gasteiger partial charge in [-0.2, -0.15) is 0 Å². The Kier molecular flexibility index (Phi) is 8.58. The first kappa shape index (κ1) is 24.4. The van der Waals surface area contributed by atoms with E-state index in [1.54, 1.807) is 6.07 Å². The van der Waals surface area contributed by atoms with Crippen LogP contribution < -0.4 is 19.9 Å². The molecule has 0 atom stereocenters. The van der Waals surface area contributed by atoms with Gasteiger partial charge in [-0.05, 0) is 61.6 Å². The Morgan fingerprint density at radius 3 is 2.39 bits per heavy atom. The van der Waals surface area contributed by atoms with Gasteiger partial charge in [-0.25, -0.2) is 0 Å². The summed E-state index contributed by atoms with van der Waals surface area (Å²) in [7, 11) is 1.54. The Bertz CT molecular complexity index is 969. The first-order chi connectivity index (χ1) is 15.9. The second-order valence-electron chi connectivity index (χ2n) is 8.54. The molecular weight excluding hydrogens is 420 g/mol. The molecule has 7 nitrogen and oxygen atoms in total. The molecule has 0 unspecified atom stereocenters. The first-order valence-electron chi connectivity index (χ1n) is 11.5. The number of ether oxygens (including phenoxy) is 3. The number of primary amides is 1. The summed E-state index contributed by atoms with van der Waals surface area (Å²) in [6, 6.07) is 11.5. The topological polar surface area (TPSA) is 91.1 Å². The average Bonchev–Trinajstić information content (AvgIpc) is 2.82. The van der Waals surface area contributed by atoms with Crippen LogP contribution in [0.1, 0.15) is 48.8 Å². The molecule has 1 saturated carbocycles. The van der Waals surface area contributed by atoms with Gasteiger partial charge in [0.15, 0.2) is 24.7 Å². The fourth-order valence-corrected chi connectivity index (χ4v) is 4.19. The Morgan fingerprint density at radius 2 is 1.70 bits per heavy atom. The highest BCUT2D eigenvalue weighted by atomic mass is 16.5. The molecule has 0 aromatic heterocycles. The van der Waals surface area contributed by atoms with E-state index < -0.39 is 5.91 Å². The molecule has 2 aromatic rings. The van der Waals surface area contributed by atoms with Crippen molar-refractivity contribution in [1.82, 2.24) is 4.90 Å². The quantitative estimate of drug-likeness (QED) is 0.588. The molecule has 0 heterocycles. The molecule has 1 aliphatic carbocycles. The van der Waals surface area contributed by atoms with Crippen LogP contribution >= 0.6 is 0 Å². The van der Waals surface area contributed by atoms with Crippen molar-refractivity contribution in [3.8, 4) is 17.2 Å². The van der Waals surface area contributed by atoms with E-state index in [2.05, 4.69) is 0 Å². The van der Waals surface area contributed by atoms with E-state index in [-0.39, 0.29) is 25.2 Å². The summed E-state index contributed by atoms with van der Waals surface area (Å²) in [5.74, 6) is 1.09. The zero-order valence-electron chi connectivity index (χ0n) is 19.8. The number of hydrogen-bond acceptors (Lipinski definition) is 5. The molecule has 7 heteroatoms. The van der Waals surface area contributed by atoms with Crippen LogP contribution in [0.5, 0.6) is 17.2 Å². The number of carbonyl (C=O) groups is 2. The Balaban J connectivity index is 1.75. The molecule has 178 valence electrons. The van der Waals surface area contributed by atoms with E-state index in [0.717, 1.165) is 48.1 Å². The molecule has 0 spiro atoms. The molecular formula is C26H34N2O5. The van der Waals surface area contributed by atoms with Gasteiger partial charge in [0.25, 0.3) is 11.8 Å². The molecule has 0 aliphatic heterocycles. The highest BCUT2D eigenvalue weighted by Gasteiger charge is 2.26. The average molecular weight is 455 g/mol. The lowest BCUT2D eigenvalue weighted by Crippen LogP contribution is -2.43. The third kappa shape index (κ3) is 6.63. The van der Waals surface area contributed by atoms with E-state index in [1.165, 1.54) is 13.5 Å². The minimum absolute atomic E-state index is 0.00225. The Morgan fingerprint density at radius 1 is 0.970 bits per heavy atom. The minimum atomic E-state index is -0.556. The van der Waals surface area contributed by atoms with Crippen LogP contribution in [0.3, 0.4) is 0 Å². The third-order valence-corrected chi connectivity index (χ3v) is 6.19. The van der Waals surface area contributed by atoms with Gasteiger partial charge < -0.3 is 24.8 Å². The highest BCUT2D eigenvalue weighted by Crippen LogP contribution is 2.30. The lowest BCUT2D eigenvalue weighted by Gasteiger charge is -2.34. The summed E-state index contributed by atoms with van der Waals surface area (Å²) in [4.78, 5) is 26.3. The maximum atomic E-state index is 13.3. The lowest BCUT2D eigenvalue weighted by molar-refractivity contribution is -0.137. The van der Waals surface area contributed by atoms with Gasteiger partial charge in [0, 0.05) is 12.6 Å². The summed E-state index contributed by atoms with van der Waals surface area (Å²) < 4.78 is 16.8. The van der Waals surface area contributed by atoms with E-state index in [1.807, 2.05) is 49.1 Å². The van der Waals surface area contributed by atoms with E-state index >= 15 is 0 Å². The van der Waals surface area contributed by atoms with Crippen LogP contribution in [-0.4, -0.2) is 43.1 Å². The van der Waals surface area contributed by atoms with Gasteiger partial charge >= 0.3 is 0 Å². The standard InChI is InChI=1S/C26H34N2O5/c1-18-8-7-11-22(19(18)2)33-17-26(30)28(21-9-5-4-6-10-21)15-20-12-13-23(24(14-20)31-3)32-16-25(27)29/h7-8,11-14,21H,4-6,9-10,15-17H2,1-3H3,(H2,27,29). The number of benzene rings is 2. The van der Waals surface area contributed by atoms with Gasteiger partial charge in [0.2, 0.25) is 0 Å². The van der Waals surface area contributed by atoms with Crippen molar-refractivity contribution in [2.24, 2.45) is 5.73 Å². The normalized spacial score (nSPS) is 13.9. The number of nitrogens with zero attached hydrogens (tertiary/aromatic N) is 1. The van der Waals surface area contributed by atoms with Gasteiger partial charge in [0.05, 0.1) is 7.11 Å². The molecule has 33 heavy (non-hydrogen) atoms. The Labute approximate surface area is 195 Å². The second kappa shape index (κ2) is 11.6. The van der Waals surface area contributed by atoms with Gasteiger partial charge in [-0.15, -0.1) is 0 Å². The fraction of sp³-hybridized carbons (Fsp3) is 0.462. The first-order valence-corrected chi connectivity index (χ1v) is 11.5. The predicted octanol–water partition coefficient (Wildman–Crippen LogP) is 3.92. The summed E-state index contributed by atoms with van der Waals surface area (Å²) in [5, 5.41) is 0. The molecule has 1 aliphatic rings. The zero-order chi connectivity index (χ0) is 23.8. The molecule has 1 fully saturated rings. The zero-order valence-corrected chi connectivity index (χ0v) is 19.8. The summed E-state index contributed by atoms with van der Waals surface area (Å²) >= 11 is 0. The maximum absolute atomic E-state index is 13.3. The smallest absolute Gasteiger partial charge is 0.261 e. The minimum Gasteiger partial charge on any atom is -0.493 e. The second-order valence-corrected chi connectivity index (χ2v) is 8.54. The van der Waals surface area contributed by atoms with E-state index in [0.29, 0.717) is 18.0 Å². The SMILES string of the molecule is COc1cc(CN(C(=O)COc2cccc(C)c2C)C2CCCCC2)ccc1OCC(N)=O. The number of aryl methyl sites for hydroxylation is 1. The van der Waals surface area contributed by atoms with Crippen LogP contribution in [0.15, 0.2) is 36.4 Å². The van der Waals surface area contributed by atoms with Crippen molar-refractivity contribution >= 4 is 11.8 Å². The van der Waals surface area contributed by atoms with Crippen molar-refractivity contribution in [1.29, 1.82) is 0 Å². The lowest BCUT2D eigenvalue weighted by atomic mass is 9.93. The Hall–Kier alpha value is -3.22. The number of amides is 2. The number of carbonyl (C=O) groups excluding carboxylic acids is 2. The van der Waals surface area contributed by atoms with Crippen LogP contribution in [-0.2, 0) is 16.1 Å². The largest absolute Gasteiger partial charge is 0.493 e. The number of hydrogen-bond donors (Lipinski definition) is 1. The molecule has 2 amide bonds. The van der Waals surface area contributed by atoms with Crippen LogP contribution in [0, 0.1) is 13.8 Å². The third-order valence-electron chi connectivity index (χ3n) is 6.19. The maximum Gasteiger partial charge on any atom is 0.261 e. The van der Waals surface area contributed by atoms with Crippen molar-refractivity contribution in [2.45, 2.75) is 58.5 Å². The number of rotatable bonds is 10. The fourth-order valence-electron chi connectivity index (χ4n) is 4.19. The predicted molar refractivity (Wildman–Crippen MR) is 127 cm³/mol. The summed E-state index contributed by atoms with van der Waals surface area (Å²) in [6.45, 7) is 4.26. The van der Waals surface area contributed by atoms with Gasteiger partial charge in [-0.1, -0.05) is 37.5 Å². The monoisotopic (exact) mass is 454 g/mol. The van der Waals surface area contributed by atoms with Crippen molar-refractivity contribution in [3.05, 3.63) is 53.1 Å². The van der Waals surface area contributed by atoms with Crippen LogP contribution in [0.25, 0.3) is 0 Å². The van der Waals surface area contributed by atoms with Gasteiger partial charge in [-0.3, -0.25) is 9.59 Å². The molecule has 0 radical (unpaired) electrons. The molecule has 3 rings (SSSR count). The van der Waals surface area contributed by atoms with E-state index in [9.17, 15) is 9.59 Å². The van der Waals surface area contributed by atoms with Crippen molar-refractivity contribution in [3.63, 3.8) is 0 Å². The van der Waals surface area contributed by atoms with Crippen LogP contribution in [0.4, 0.5) is 0 Å². The summed E-state index contributed by atoms with van der Waals surface area (Å²) in [6.07, 6.45) is 5.43. The van der Waals surface area contributed by atoms with Crippen LogP contribution in [0.2, 0.25) is 0 Å². The summed E-state index contributed by atoms with van der Waals surface area (Å²) in [5.41, 5.74) is 8.27. The molecule has 0 saturated heterocycles. The molecule has 2 aromatic carbocycles.